The summed E-state index contributed by atoms with van der Waals surface area (Å²) in [6.07, 6.45) is -0.473. The van der Waals surface area contributed by atoms with E-state index in [1.165, 1.54) is 0 Å². The third-order valence-electron chi connectivity index (χ3n) is 3.77. The number of fused-ring (bicyclic) bond motifs is 1. The number of nitrogens with zero attached hydrogens (tertiary/aromatic N) is 1. The molecule has 0 radical (unpaired) electrons. The van der Waals surface area contributed by atoms with Crippen LogP contribution in [-0.4, -0.2) is 29.8 Å². The highest BCUT2D eigenvalue weighted by Crippen LogP contribution is 2.33. The Morgan fingerprint density at radius 1 is 1.25 bits per heavy atom. The van der Waals surface area contributed by atoms with E-state index < -0.39 is 5.92 Å². The number of hydrogen-bond donors (Lipinski definition) is 0. The van der Waals surface area contributed by atoms with Gasteiger partial charge in [-0.05, 0) is 13.0 Å². The maximum absolute atomic E-state index is 13.2. The summed E-state index contributed by atoms with van der Waals surface area (Å²) in [5, 5.41) is 0.928. The third kappa shape index (κ3) is 2.30. The second-order valence-corrected chi connectivity index (χ2v) is 6.43. The first-order valence-corrected chi connectivity index (χ1v) is 7.45. The number of piperidine rings is 1. The number of carbonyl (C=O) groups excluding carboxylic acids is 1. The van der Waals surface area contributed by atoms with Crippen LogP contribution in [0.4, 0.5) is 8.78 Å². The number of aryl methyl sites for hydroxylation is 1. The van der Waals surface area contributed by atoms with Crippen LogP contribution in [0.5, 0.6) is 0 Å². The number of rotatable bonds is 1. The summed E-state index contributed by atoms with van der Waals surface area (Å²) < 4.78 is 27.4. The van der Waals surface area contributed by atoms with E-state index in [2.05, 4.69) is 0 Å². The normalized spacial score (nSPS) is 18.4. The Hall–Kier alpha value is -1.49. The number of alkyl halides is 2. The van der Waals surface area contributed by atoms with Gasteiger partial charge in [-0.25, -0.2) is 8.78 Å². The standard InChI is InChI=1S/C15H15F2NOS/c1-10-13(11-4-2-3-5-12(11)20-10)14(19)18-8-6-15(16,17)7-9-18/h2-5H,6-9H2,1H3. The Bertz CT molecular complexity index is 655. The number of carbonyl (C=O) groups is 1. The van der Waals surface area contributed by atoms with Gasteiger partial charge in [-0.1, -0.05) is 18.2 Å². The van der Waals surface area contributed by atoms with E-state index in [-0.39, 0.29) is 31.8 Å². The van der Waals surface area contributed by atoms with E-state index in [4.69, 9.17) is 0 Å². The van der Waals surface area contributed by atoms with E-state index in [1.54, 1.807) is 16.2 Å². The molecule has 0 atom stereocenters. The van der Waals surface area contributed by atoms with Gasteiger partial charge in [0.1, 0.15) is 0 Å². The van der Waals surface area contributed by atoms with Crippen LogP contribution in [0.3, 0.4) is 0 Å². The Morgan fingerprint density at radius 2 is 1.90 bits per heavy atom. The largest absolute Gasteiger partial charge is 0.338 e. The molecule has 0 bridgehead atoms. The van der Waals surface area contributed by atoms with Crippen LogP contribution < -0.4 is 0 Å². The van der Waals surface area contributed by atoms with Crippen molar-refractivity contribution in [3.63, 3.8) is 0 Å². The molecule has 1 aliphatic rings. The molecule has 0 N–H and O–H groups in total. The van der Waals surface area contributed by atoms with Crippen molar-refractivity contribution in [3.05, 3.63) is 34.7 Å². The molecule has 1 amide bonds. The number of benzene rings is 1. The SMILES string of the molecule is Cc1sc2ccccc2c1C(=O)N1CCC(F)(F)CC1. The molecular formula is C15H15F2NOS. The zero-order valence-electron chi connectivity index (χ0n) is 11.2. The summed E-state index contributed by atoms with van der Waals surface area (Å²) in [7, 11) is 0. The second-order valence-electron chi connectivity index (χ2n) is 5.18. The molecule has 0 saturated carbocycles. The topological polar surface area (TPSA) is 20.3 Å². The third-order valence-corrected chi connectivity index (χ3v) is 4.85. The maximum Gasteiger partial charge on any atom is 0.255 e. The first-order valence-electron chi connectivity index (χ1n) is 6.63. The van der Waals surface area contributed by atoms with E-state index in [1.807, 2.05) is 31.2 Å². The molecule has 106 valence electrons. The fourth-order valence-electron chi connectivity index (χ4n) is 2.63. The lowest BCUT2D eigenvalue weighted by Crippen LogP contribution is -2.42. The molecule has 0 aliphatic carbocycles. The van der Waals surface area contributed by atoms with Crippen molar-refractivity contribution in [2.45, 2.75) is 25.7 Å². The smallest absolute Gasteiger partial charge is 0.255 e. The first kappa shape index (κ1) is 13.5. The highest BCUT2D eigenvalue weighted by molar-refractivity contribution is 7.19. The first-order chi connectivity index (χ1) is 9.48. The fourth-order valence-corrected chi connectivity index (χ4v) is 3.68. The van der Waals surface area contributed by atoms with Crippen molar-refractivity contribution >= 4 is 27.3 Å². The quantitative estimate of drug-likeness (QED) is 0.776. The highest BCUT2D eigenvalue weighted by Gasteiger charge is 2.36. The molecule has 1 fully saturated rings. The number of likely N-dealkylation sites (tertiary alicyclic amines) is 1. The zero-order chi connectivity index (χ0) is 14.3. The molecule has 1 aromatic carbocycles. The lowest BCUT2D eigenvalue weighted by atomic mass is 10.0. The van der Waals surface area contributed by atoms with Gasteiger partial charge in [0.2, 0.25) is 0 Å². The van der Waals surface area contributed by atoms with Crippen molar-refractivity contribution in [2.75, 3.05) is 13.1 Å². The number of hydrogen-bond acceptors (Lipinski definition) is 2. The average molecular weight is 295 g/mol. The van der Waals surface area contributed by atoms with Crippen molar-refractivity contribution in [1.82, 2.24) is 4.90 Å². The van der Waals surface area contributed by atoms with Crippen LogP contribution >= 0.6 is 11.3 Å². The van der Waals surface area contributed by atoms with Crippen molar-refractivity contribution in [2.24, 2.45) is 0 Å². The van der Waals surface area contributed by atoms with E-state index in [0.717, 1.165) is 15.0 Å². The van der Waals surface area contributed by atoms with Gasteiger partial charge in [0, 0.05) is 40.9 Å². The van der Waals surface area contributed by atoms with Crippen molar-refractivity contribution in [1.29, 1.82) is 0 Å². The Morgan fingerprint density at radius 3 is 2.60 bits per heavy atom. The number of amides is 1. The van der Waals surface area contributed by atoms with Crippen molar-refractivity contribution in [3.8, 4) is 0 Å². The lowest BCUT2D eigenvalue weighted by molar-refractivity contribution is -0.0493. The van der Waals surface area contributed by atoms with Gasteiger partial charge in [-0.15, -0.1) is 11.3 Å². The van der Waals surface area contributed by atoms with Crippen LogP contribution in [0, 0.1) is 6.92 Å². The molecule has 2 aromatic rings. The van der Waals surface area contributed by atoms with Crippen LogP contribution in [0.15, 0.2) is 24.3 Å². The van der Waals surface area contributed by atoms with Gasteiger partial charge in [0.05, 0.1) is 5.56 Å². The summed E-state index contributed by atoms with van der Waals surface area (Å²) in [6, 6.07) is 7.74. The Kier molecular flexibility index (Phi) is 3.24. The van der Waals surface area contributed by atoms with E-state index >= 15 is 0 Å². The molecule has 2 nitrogen and oxygen atoms in total. The second kappa shape index (κ2) is 4.81. The maximum atomic E-state index is 13.2. The van der Waals surface area contributed by atoms with Crippen LogP contribution in [0.1, 0.15) is 28.1 Å². The Labute approximate surface area is 120 Å². The Balaban J connectivity index is 1.92. The molecule has 2 heterocycles. The fraction of sp³-hybridized carbons (Fsp3) is 0.400. The van der Waals surface area contributed by atoms with Crippen LogP contribution in [0.25, 0.3) is 10.1 Å². The van der Waals surface area contributed by atoms with Gasteiger partial charge < -0.3 is 4.90 Å². The van der Waals surface area contributed by atoms with Gasteiger partial charge in [0.25, 0.3) is 11.8 Å². The summed E-state index contributed by atoms with van der Waals surface area (Å²) in [4.78, 5) is 15.1. The minimum atomic E-state index is -2.62. The molecule has 20 heavy (non-hydrogen) atoms. The number of halogens is 2. The minimum absolute atomic E-state index is 0.115. The molecule has 1 aromatic heterocycles. The van der Waals surface area contributed by atoms with Gasteiger partial charge in [0.15, 0.2) is 0 Å². The molecule has 3 rings (SSSR count). The van der Waals surface area contributed by atoms with Crippen LogP contribution in [0.2, 0.25) is 0 Å². The van der Waals surface area contributed by atoms with Gasteiger partial charge >= 0.3 is 0 Å². The molecule has 5 heteroatoms. The monoisotopic (exact) mass is 295 g/mol. The van der Waals surface area contributed by atoms with E-state index in [9.17, 15) is 13.6 Å². The molecule has 1 aliphatic heterocycles. The lowest BCUT2D eigenvalue weighted by Gasteiger charge is -2.31. The minimum Gasteiger partial charge on any atom is -0.338 e. The molecular weight excluding hydrogens is 280 g/mol. The average Bonchev–Trinajstić information content (AvgIpc) is 2.73. The molecule has 0 unspecified atom stereocenters. The van der Waals surface area contributed by atoms with Gasteiger partial charge in [-0.3, -0.25) is 4.79 Å². The summed E-state index contributed by atoms with van der Waals surface area (Å²) in [5.74, 6) is -2.74. The molecule has 0 spiro atoms. The zero-order valence-corrected chi connectivity index (χ0v) is 12.0. The highest BCUT2D eigenvalue weighted by atomic mass is 32.1. The van der Waals surface area contributed by atoms with Crippen molar-refractivity contribution < 1.29 is 13.6 Å². The van der Waals surface area contributed by atoms with Crippen LogP contribution in [-0.2, 0) is 0 Å². The predicted octanol–water partition coefficient (Wildman–Crippen LogP) is 4.08. The number of thiophene rings is 1. The van der Waals surface area contributed by atoms with Gasteiger partial charge in [-0.2, -0.15) is 0 Å². The van der Waals surface area contributed by atoms with E-state index in [0.29, 0.717) is 5.56 Å². The summed E-state index contributed by atoms with van der Waals surface area (Å²) in [6.45, 7) is 2.18. The summed E-state index contributed by atoms with van der Waals surface area (Å²) >= 11 is 1.58. The molecule has 1 saturated heterocycles. The summed E-state index contributed by atoms with van der Waals surface area (Å²) in [5.41, 5.74) is 0.677. The predicted molar refractivity (Wildman–Crippen MR) is 76.6 cm³/mol.